The molecular weight excluding hydrogens is 329 g/mol. The number of rotatable bonds is 7. The van der Waals surface area contributed by atoms with Gasteiger partial charge in [-0.1, -0.05) is 23.8 Å². The molecule has 0 saturated carbocycles. The van der Waals surface area contributed by atoms with Crippen LogP contribution in [0.2, 0.25) is 0 Å². The van der Waals surface area contributed by atoms with Gasteiger partial charge in [-0.15, -0.1) is 0 Å². The predicted octanol–water partition coefficient (Wildman–Crippen LogP) is 4.70. The second-order valence-electron chi connectivity index (χ2n) is 6.57. The van der Waals surface area contributed by atoms with E-state index in [1.807, 2.05) is 6.07 Å². The summed E-state index contributed by atoms with van der Waals surface area (Å²) in [5.74, 6) is 0.0328. The number of carbonyl (C=O) groups excluding carboxylic acids is 1. The lowest BCUT2D eigenvalue weighted by Gasteiger charge is -2.13. The van der Waals surface area contributed by atoms with Crippen LogP contribution < -0.4 is 10.6 Å². The number of anilines is 2. The third-order valence-electron chi connectivity index (χ3n) is 4.47. The van der Waals surface area contributed by atoms with Gasteiger partial charge in [0.25, 0.3) is 0 Å². The number of hydrogen-bond acceptors (Lipinski definition) is 3. The summed E-state index contributed by atoms with van der Waals surface area (Å²) < 4.78 is 12.9. The summed E-state index contributed by atoms with van der Waals surface area (Å²) in [7, 11) is 0. The largest absolute Gasteiger partial charge is 0.383 e. The molecule has 1 heterocycles. The first kappa shape index (κ1) is 18.1. The van der Waals surface area contributed by atoms with Gasteiger partial charge in [-0.05, 0) is 61.9 Å². The highest BCUT2D eigenvalue weighted by atomic mass is 19.1. The Balaban J connectivity index is 1.44. The van der Waals surface area contributed by atoms with Crippen molar-refractivity contribution >= 4 is 17.4 Å². The summed E-state index contributed by atoms with van der Waals surface area (Å²) in [6.45, 7) is 0.893. The Kier molecular flexibility index (Phi) is 6.36. The van der Waals surface area contributed by atoms with Gasteiger partial charge in [0.2, 0.25) is 5.91 Å². The van der Waals surface area contributed by atoms with E-state index >= 15 is 0 Å². The van der Waals surface area contributed by atoms with Crippen molar-refractivity contribution < 1.29 is 9.18 Å². The van der Waals surface area contributed by atoms with E-state index in [1.165, 1.54) is 37.8 Å². The Labute approximate surface area is 153 Å². The SMILES string of the molecule is O=C(Cc1ccc(F)cc1)Nc1ccc(NCCC2=CCCCC2)cn1. The molecule has 0 fully saturated rings. The predicted molar refractivity (Wildman–Crippen MR) is 103 cm³/mol. The Hall–Kier alpha value is -2.69. The number of carbonyl (C=O) groups is 1. The van der Waals surface area contributed by atoms with E-state index in [2.05, 4.69) is 21.7 Å². The number of aromatic nitrogens is 1. The number of pyridine rings is 1. The molecule has 0 radical (unpaired) electrons. The van der Waals surface area contributed by atoms with Crippen molar-refractivity contribution in [1.29, 1.82) is 0 Å². The van der Waals surface area contributed by atoms with Gasteiger partial charge < -0.3 is 10.6 Å². The molecule has 4 nitrogen and oxygen atoms in total. The lowest BCUT2D eigenvalue weighted by Crippen LogP contribution is -2.15. The van der Waals surface area contributed by atoms with E-state index in [0.717, 1.165) is 24.2 Å². The van der Waals surface area contributed by atoms with Crippen molar-refractivity contribution in [3.8, 4) is 0 Å². The molecule has 1 amide bonds. The Morgan fingerprint density at radius 1 is 1.12 bits per heavy atom. The highest BCUT2D eigenvalue weighted by molar-refractivity contribution is 5.91. The van der Waals surface area contributed by atoms with Crippen LogP contribution in [0.4, 0.5) is 15.9 Å². The standard InChI is InChI=1S/C21H24FN3O/c22-18-8-6-17(7-9-18)14-21(26)25-20-11-10-19(15-24-20)23-13-12-16-4-2-1-3-5-16/h4,6-11,15,23H,1-3,5,12-14H2,(H,24,25,26). The molecule has 1 aromatic heterocycles. The fourth-order valence-electron chi connectivity index (χ4n) is 3.05. The van der Waals surface area contributed by atoms with Crippen molar-refractivity contribution in [2.75, 3.05) is 17.2 Å². The molecule has 1 aliphatic rings. The first-order chi connectivity index (χ1) is 12.7. The molecule has 1 aliphatic carbocycles. The van der Waals surface area contributed by atoms with Gasteiger partial charge in [0, 0.05) is 6.54 Å². The van der Waals surface area contributed by atoms with Crippen LogP contribution in [-0.2, 0) is 11.2 Å². The molecular formula is C21H24FN3O. The number of halogens is 1. The number of nitrogens with one attached hydrogen (secondary N) is 2. The van der Waals surface area contributed by atoms with Crippen molar-refractivity contribution in [2.45, 2.75) is 38.5 Å². The molecule has 0 aliphatic heterocycles. The van der Waals surface area contributed by atoms with Gasteiger partial charge in [0.05, 0.1) is 18.3 Å². The molecule has 1 aromatic carbocycles. The third kappa shape index (κ3) is 5.69. The minimum Gasteiger partial charge on any atom is -0.383 e. The van der Waals surface area contributed by atoms with Gasteiger partial charge in [-0.2, -0.15) is 0 Å². The van der Waals surface area contributed by atoms with Crippen LogP contribution in [-0.4, -0.2) is 17.4 Å². The first-order valence-corrected chi connectivity index (χ1v) is 9.11. The number of nitrogens with zero attached hydrogens (tertiary/aromatic N) is 1. The summed E-state index contributed by atoms with van der Waals surface area (Å²) in [5.41, 5.74) is 3.25. The van der Waals surface area contributed by atoms with Crippen molar-refractivity contribution in [3.63, 3.8) is 0 Å². The minimum atomic E-state index is -0.307. The molecule has 0 saturated heterocycles. The fraction of sp³-hybridized carbons (Fsp3) is 0.333. The van der Waals surface area contributed by atoms with Gasteiger partial charge in [0.1, 0.15) is 11.6 Å². The van der Waals surface area contributed by atoms with Crippen molar-refractivity contribution in [2.24, 2.45) is 0 Å². The summed E-state index contributed by atoms with van der Waals surface area (Å²) in [6.07, 6.45) is 10.4. The number of amides is 1. The molecule has 3 rings (SSSR count). The first-order valence-electron chi connectivity index (χ1n) is 9.11. The van der Waals surface area contributed by atoms with Crippen molar-refractivity contribution in [3.05, 3.63) is 65.6 Å². The van der Waals surface area contributed by atoms with E-state index in [9.17, 15) is 9.18 Å². The lowest BCUT2D eigenvalue weighted by molar-refractivity contribution is -0.115. The molecule has 136 valence electrons. The second-order valence-corrected chi connectivity index (χ2v) is 6.57. The van der Waals surface area contributed by atoms with E-state index in [4.69, 9.17) is 0 Å². The summed E-state index contributed by atoms with van der Waals surface area (Å²) in [6, 6.07) is 9.62. The van der Waals surface area contributed by atoms with E-state index < -0.39 is 0 Å². The second kappa shape index (κ2) is 9.13. The zero-order valence-corrected chi connectivity index (χ0v) is 14.8. The van der Waals surface area contributed by atoms with Crippen LogP contribution >= 0.6 is 0 Å². The molecule has 0 spiro atoms. The van der Waals surface area contributed by atoms with Crippen LogP contribution in [0, 0.1) is 5.82 Å². The van der Waals surface area contributed by atoms with Crippen LogP contribution in [0.1, 0.15) is 37.7 Å². The molecule has 26 heavy (non-hydrogen) atoms. The van der Waals surface area contributed by atoms with Gasteiger partial charge in [-0.25, -0.2) is 9.37 Å². The van der Waals surface area contributed by atoms with Crippen LogP contribution in [0.25, 0.3) is 0 Å². The van der Waals surface area contributed by atoms with E-state index in [-0.39, 0.29) is 18.1 Å². The van der Waals surface area contributed by atoms with Crippen LogP contribution in [0.5, 0.6) is 0 Å². The smallest absolute Gasteiger partial charge is 0.229 e. The maximum absolute atomic E-state index is 12.9. The van der Waals surface area contributed by atoms with Gasteiger partial charge in [0.15, 0.2) is 0 Å². The number of benzene rings is 1. The summed E-state index contributed by atoms with van der Waals surface area (Å²) >= 11 is 0. The number of allylic oxidation sites excluding steroid dienone is 1. The lowest BCUT2D eigenvalue weighted by atomic mass is 9.97. The Morgan fingerprint density at radius 3 is 2.65 bits per heavy atom. The molecule has 2 aromatic rings. The zero-order chi connectivity index (χ0) is 18.2. The van der Waals surface area contributed by atoms with Gasteiger partial charge in [-0.3, -0.25) is 4.79 Å². The average Bonchev–Trinajstić information content (AvgIpc) is 2.66. The van der Waals surface area contributed by atoms with Crippen LogP contribution in [0.3, 0.4) is 0 Å². The van der Waals surface area contributed by atoms with Gasteiger partial charge >= 0.3 is 0 Å². The molecule has 0 atom stereocenters. The van der Waals surface area contributed by atoms with Crippen molar-refractivity contribution in [1.82, 2.24) is 4.98 Å². The highest BCUT2D eigenvalue weighted by Crippen LogP contribution is 2.20. The number of hydrogen-bond donors (Lipinski definition) is 2. The Bertz CT molecular complexity index is 754. The Morgan fingerprint density at radius 2 is 1.96 bits per heavy atom. The molecule has 0 unspecified atom stereocenters. The molecule has 5 heteroatoms. The minimum absolute atomic E-state index is 0.172. The highest BCUT2D eigenvalue weighted by Gasteiger charge is 2.06. The average molecular weight is 353 g/mol. The molecule has 2 N–H and O–H groups in total. The van der Waals surface area contributed by atoms with E-state index in [0.29, 0.717) is 5.82 Å². The third-order valence-corrected chi connectivity index (χ3v) is 4.47. The summed E-state index contributed by atoms with van der Waals surface area (Å²) in [5, 5.41) is 6.13. The summed E-state index contributed by atoms with van der Waals surface area (Å²) in [4.78, 5) is 16.3. The topological polar surface area (TPSA) is 54.0 Å². The molecule has 0 bridgehead atoms. The maximum Gasteiger partial charge on any atom is 0.229 e. The fourth-order valence-corrected chi connectivity index (χ4v) is 3.05. The van der Waals surface area contributed by atoms with E-state index in [1.54, 1.807) is 30.0 Å². The normalized spacial score (nSPS) is 13.8. The monoisotopic (exact) mass is 353 g/mol. The van der Waals surface area contributed by atoms with Crippen LogP contribution in [0.15, 0.2) is 54.2 Å². The quantitative estimate of drug-likeness (QED) is 0.709. The zero-order valence-electron chi connectivity index (χ0n) is 14.8. The maximum atomic E-state index is 12.9.